The lowest BCUT2D eigenvalue weighted by Crippen LogP contribution is -2.13. The number of ether oxygens (including phenoxy) is 4. The van der Waals surface area contributed by atoms with Gasteiger partial charge in [-0.15, -0.1) is 0 Å². The largest absolute Gasteiger partial charge is 0.490 e. The zero-order chi connectivity index (χ0) is 30.6. The quantitative estimate of drug-likeness (QED) is 0.120. The molecule has 220 valence electrons. The van der Waals surface area contributed by atoms with E-state index in [9.17, 15) is 10.1 Å². The lowest BCUT2D eigenvalue weighted by Gasteiger charge is -2.16. The van der Waals surface area contributed by atoms with Crippen LogP contribution in [0.25, 0.3) is 6.08 Å². The van der Waals surface area contributed by atoms with E-state index in [0.717, 1.165) is 11.1 Å². The maximum absolute atomic E-state index is 12.7. The first-order valence-corrected chi connectivity index (χ1v) is 14.4. The number of benzene rings is 4. The number of nitriles is 1. The molecule has 0 aliphatic carbocycles. The maximum atomic E-state index is 12.7. The van der Waals surface area contributed by atoms with Gasteiger partial charge in [0.15, 0.2) is 23.0 Å². The Morgan fingerprint density at radius 1 is 0.791 bits per heavy atom. The molecule has 0 aliphatic heterocycles. The maximum Gasteiger partial charge on any atom is 0.266 e. The minimum atomic E-state index is -0.583. The van der Waals surface area contributed by atoms with Crippen molar-refractivity contribution in [2.45, 2.75) is 27.1 Å². The van der Waals surface area contributed by atoms with Crippen molar-refractivity contribution < 1.29 is 23.7 Å². The summed E-state index contributed by atoms with van der Waals surface area (Å²) < 4.78 is 23.7. The van der Waals surface area contributed by atoms with Crippen molar-refractivity contribution >= 4 is 40.9 Å². The smallest absolute Gasteiger partial charge is 0.266 e. The normalized spacial score (nSPS) is 10.9. The van der Waals surface area contributed by atoms with Crippen LogP contribution in [0, 0.1) is 11.3 Å². The van der Waals surface area contributed by atoms with E-state index >= 15 is 0 Å². The summed E-state index contributed by atoms with van der Waals surface area (Å²) >= 11 is 12.6. The van der Waals surface area contributed by atoms with Crippen molar-refractivity contribution in [1.29, 1.82) is 5.26 Å². The highest BCUT2D eigenvalue weighted by molar-refractivity contribution is 6.32. The van der Waals surface area contributed by atoms with Gasteiger partial charge in [-0.05, 0) is 79.1 Å². The average molecular weight is 618 g/mol. The van der Waals surface area contributed by atoms with Gasteiger partial charge >= 0.3 is 0 Å². The number of hydrogen-bond acceptors (Lipinski definition) is 6. The monoisotopic (exact) mass is 616 g/mol. The molecule has 0 unspecified atom stereocenters. The Kier molecular flexibility index (Phi) is 11.3. The zero-order valence-corrected chi connectivity index (χ0v) is 25.2. The van der Waals surface area contributed by atoms with Gasteiger partial charge in [0.2, 0.25) is 0 Å². The molecule has 4 aromatic rings. The topological polar surface area (TPSA) is 89.8 Å². The van der Waals surface area contributed by atoms with Crippen LogP contribution in [0.5, 0.6) is 23.0 Å². The number of carbonyl (C=O) groups is 1. The van der Waals surface area contributed by atoms with E-state index in [-0.39, 0.29) is 17.2 Å². The lowest BCUT2D eigenvalue weighted by atomic mass is 10.1. The summed E-state index contributed by atoms with van der Waals surface area (Å²) in [6, 6.07) is 27.4. The fraction of sp³-hybridized carbons (Fsp3) is 0.176. The molecule has 7 nitrogen and oxygen atoms in total. The molecule has 0 aliphatic rings. The van der Waals surface area contributed by atoms with E-state index in [4.69, 9.17) is 42.1 Å². The molecule has 0 heterocycles. The standard InChI is InChI=1S/C34H30Cl2N2O5/c1-3-40-31-17-24(13-14-30(31)42-21-23-9-6-5-7-10-23)22-43-33-29(36)16-25(18-32(33)41-4-2)15-26(20-37)34(39)38-28-12-8-11-27(35)19-28/h5-19H,3-4,21-22H2,1-2H3,(H,38,39)/b26-15-. The molecule has 43 heavy (non-hydrogen) atoms. The third kappa shape index (κ3) is 8.92. The molecule has 0 saturated carbocycles. The van der Waals surface area contributed by atoms with Gasteiger partial charge in [-0.25, -0.2) is 0 Å². The van der Waals surface area contributed by atoms with Crippen LogP contribution >= 0.6 is 23.2 Å². The van der Waals surface area contributed by atoms with Gasteiger partial charge in [0.25, 0.3) is 5.91 Å². The van der Waals surface area contributed by atoms with Crippen molar-refractivity contribution in [2.75, 3.05) is 18.5 Å². The number of nitrogens with one attached hydrogen (secondary N) is 1. The van der Waals surface area contributed by atoms with Gasteiger partial charge in [0.05, 0.1) is 18.2 Å². The molecule has 0 fully saturated rings. The van der Waals surface area contributed by atoms with E-state index < -0.39 is 5.91 Å². The molecule has 4 aromatic carbocycles. The molecule has 9 heteroatoms. The zero-order valence-electron chi connectivity index (χ0n) is 23.7. The third-order valence-electron chi connectivity index (χ3n) is 6.02. The van der Waals surface area contributed by atoms with Crippen LogP contribution in [0.1, 0.15) is 30.5 Å². The summed E-state index contributed by atoms with van der Waals surface area (Å²) in [5.41, 5.74) is 2.74. The van der Waals surface area contributed by atoms with Crippen molar-refractivity contribution in [1.82, 2.24) is 0 Å². The molecule has 0 bridgehead atoms. The molecule has 0 atom stereocenters. The lowest BCUT2D eigenvalue weighted by molar-refractivity contribution is -0.112. The Hall–Kier alpha value is -4.64. The Morgan fingerprint density at radius 3 is 2.26 bits per heavy atom. The van der Waals surface area contributed by atoms with E-state index in [1.54, 1.807) is 36.4 Å². The molecular formula is C34H30Cl2N2O5. The summed E-state index contributed by atoms with van der Waals surface area (Å²) in [4.78, 5) is 12.7. The van der Waals surface area contributed by atoms with Crippen LogP contribution in [-0.2, 0) is 18.0 Å². The fourth-order valence-corrected chi connectivity index (χ4v) is 4.54. The van der Waals surface area contributed by atoms with Crippen LogP contribution in [0.15, 0.2) is 90.5 Å². The highest BCUT2D eigenvalue weighted by atomic mass is 35.5. The van der Waals surface area contributed by atoms with Crippen LogP contribution < -0.4 is 24.3 Å². The molecule has 0 spiro atoms. The van der Waals surface area contributed by atoms with E-state index in [2.05, 4.69) is 5.32 Å². The second-order valence-corrected chi connectivity index (χ2v) is 10.0. The summed E-state index contributed by atoms with van der Waals surface area (Å²) in [6.07, 6.45) is 1.43. The Labute approximate surface area is 261 Å². The average Bonchev–Trinajstić information content (AvgIpc) is 3.00. The first-order chi connectivity index (χ1) is 20.9. The number of anilines is 1. The molecule has 0 aromatic heterocycles. The van der Waals surface area contributed by atoms with Crippen molar-refractivity contribution in [3.63, 3.8) is 0 Å². The van der Waals surface area contributed by atoms with Gasteiger partial charge < -0.3 is 24.3 Å². The number of hydrogen-bond donors (Lipinski definition) is 1. The van der Waals surface area contributed by atoms with Crippen LogP contribution in [0.3, 0.4) is 0 Å². The summed E-state index contributed by atoms with van der Waals surface area (Å²) in [5, 5.41) is 13.1. The molecule has 4 rings (SSSR count). The number of halogens is 2. The fourth-order valence-electron chi connectivity index (χ4n) is 4.07. The third-order valence-corrected chi connectivity index (χ3v) is 6.53. The van der Waals surface area contributed by atoms with E-state index in [1.165, 1.54) is 6.08 Å². The number of carbonyl (C=O) groups excluding carboxylic acids is 1. The van der Waals surface area contributed by atoms with Crippen molar-refractivity contribution in [3.8, 4) is 29.1 Å². The SMILES string of the molecule is CCOc1cc(COc2c(Cl)cc(/C=C(/C#N)C(=O)Nc3cccc(Cl)c3)cc2OCC)ccc1OCc1ccccc1. The Morgan fingerprint density at radius 2 is 1.53 bits per heavy atom. The van der Waals surface area contributed by atoms with Gasteiger partial charge in [-0.1, -0.05) is 65.7 Å². The van der Waals surface area contributed by atoms with Crippen molar-refractivity contribution in [3.05, 3.63) is 117 Å². The van der Waals surface area contributed by atoms with Crippen LogP contribution in [0.2, 0.25) is 10.0 Å². The van der Waals surface area contributed by atoms with Gasteiger partial charge in [0, 0.05) is 10.7 Å². The van der Waals surface area contributed by atoms with Gasteiger partial charge in [0.1, 0.15) is 24.9 Å². The van der Waals surface area contributed by atoms with E-state index in [1.807, 2.05) is 68.4 Å². The Balaban J connectivity index is 1.50. The second kappa shape index (κ2) is 15.5. The second-order valence-electron chi connectivity index (χ2n) is 9.17. The highest BCUT2D eigenvalue weighted by Crippen LogP contribution is 2.38. The predicted molar refractivity (Wildman–Crippen MR) is 169 cm³/mol. The number of rotatable bonds is 13. The van der Waals surface area contributed by atoms with Crippen molar-refractivity contribution in [2.24, 2.45) is 0 Å². The predicted octanol–water partition coefficient (Wildman–Crippen LogP) is 8.49. The first-order valence-electron chi connectivity index (χ1n) is 13.6. The molecule has 0 saturated heterocycles. The number of nitrogens with zero attached hydrogens (tertiary/aromatic N) is 1. The van der Waals surface area contributed by atoms with Gasteiger partial charge in [-0.2, -0.15) is 5.26 Å². The summed E-state index contributed by atoms with van der Waals surface area (Å²) in [5.74, 6) is 1.37. The molecule has 1 N–H and O–H groups in total. The minimum Gasteiger partial charge on any atom is -0.490 e. The summed E-state index contributed by atoms with van der Waals surface area (Å²) in [6.45, 7) is 5.17. The molecule has 1 amide bonds. The highest BCUT2D eigenvalue weighted by Gasteiger charge is 2.16. The van der Waals surface area contributed by atoms with Crippen LogP contribution in [0.4, 0.5) is 5.69 Å². The molecular weight excluding hydrogens is 587 g/mol. The van der Waals surface area contributed by atoms with E-state index in [0.29, 0.717) is 59.1 Å². The van der Waals surface area contributed by atoms with Gasteiger partial charge in [-0.3, -0.25) is 4.79 Å². The summed E-state index contributed by atoms with van der Waals surface area (Å²) in [7, 11) is 0. The first kappa shape index (κ1) is 31.3. The van der Waals surface area contributed by atoms with Crippen LogP contribution in [-0.4, -0.2) is 19.1 Å². The number of amides is 1. The Bertz CT molecular complexity index is 1630. The minimum absolute atomic E-state index is 0.120. The molecule has 0 radical (unpaired) electrons.